The lowest BCUT2D eigenvalue weighted by atomic mass is 10.2. The molecule has 0 atom stereocenters. The number of methoxy groups -OCH3 is 1. The molecule has 0 saturated heterocycles. The monoisotopic (exact) mass is 406 g/mol. The summed E-state index contributed by atoms with van der Waals surface area (Å²) in [5.41, 5.74) is 1.48. The first-order valence-corrected chi connectivity index (χ1v) is 10.9. The smallest absolute Gasteiger partial charge is 0.228 e. The highest BCUT2D eigenvalue weighted by Gasteiger charge is 2.31. The van der Waals surface area contributed by atoms with Crippen LogP contribution in [0.2, 0.25) is 0 Å². The number of nitrogens with zero attached hydrogens (tertiary/aromatic N) is 1. The van der Waals surface area contributed by atoms with E-state index in [4.69, 9.17) is 4.74 Å². The summed E-state index contributed by atoms with van der Waals surface area (Å²) in [5, 5.41) is 2.86. The molecule has 0 unspecified atom stereocenters. The van der Waals surface area contributed by atoms with Crippen molar-refractivity contribution in [3.8, 4) is 5.75 Å². The number of carbonyl (C=O) groups excluding carboxylic acids is 1. The zero-order valence-corrected chi connectivity index (χ0v) is 18.5. The van der Waals surface area contributed by atoms with Crippen LogP contribution in [0.1, 0.15) is 39.0 Å². The Morgan fingerprint density at radius 3 is 2.14 bits per heavy atom. The fraction of sp³-hybridized carbons (Fsp3) is 0.476. The van der Waals surface area contributed by atoms with Gasteiger partial charge in [-0.15, -0.1) is 0 Å². The Labute approximate surface area is 167 Å². The van der Waals surface area contributed by atoms with E-state index in [9.17, 15) is 13.2 Å². The molecule has 154 valence electrons. The van der Waals surface area contributed by atoms with E-state index in [-0.39, 0.29) is 27.5 Å². The molecule has 0 aliphatic rings. The number of amides is 1. The van der Waals surface area contributed by atoms with Crippen molar-refractivity contribution in [3.05, 3.63) is 35.5 Å². The molecule has 0 aliphatic carbocycles. The minimum absolute atomic E-state index is 0.157. The molecule has 2 aromatic rings. The molecule has 1 amide bonds. The van der Waals surface area contributed by atoms with E-state index in [0.717, 1.165) is 5.69 Å². The number of sulfone groups is 1. The maximum atomic E-state index is 13.5. The van der Waals surface area contributed by atoms with Crippen molar-refractivity contribution in [3.63, 3.8) is 0 Å². The van der Waals surface area contributed by atoms with Gasteiger partial charge in [0.05, 0.1) is 12.0 Å². The summed E-state index contributed by atoms with van der Waals surface area (Å²) in [6.07, 6.45) is 0. The molecule has 1 N–H and O–H groups in total. The van der Waals surface area contributed by atoms with Crippen LogP contribution in [0, 0.1) is 25.7 Å². The second-order valence-corrected chi connectivity index (χ2v) is 9.60. The fourth-order valence-electron chi connectivity index (χ4n) is 3.01. The average molecular weight is 407 g/mol. The first-order chi connectivity index (χ1) is 13.0. The lowest BCUT2D eigenvalue weighted by molar-refractivity contribution is -0.118. The third kappa shape index (κ3) is 4.24. The Balaban J connectivity index is 2.71. The summed E-state index contributed by atoms with van der Waals surface area (Å²) in [5.74, 6) is 0.737. The van der Waals surface area contributed by atoms with Crippen LogP contribution in [-0.2, 0) is 21.2 Å². The second-order valence-electron chi connectivity index (χ2n) is 7.72. The van der Waals surface area contributed by atoms with Gasteiger partial charge in [0.15, 0.2) is 0 Å². The lowest BCUT2D eigenvalue weighted by Crippen LogP contribution is -2.22. The Morgan fingerprint density at radius 2 is 1.68 bits per heavy atom. The standard InChI is InChI=1S/C21H30N2O4S/c1-13(2)12-23-16(6)15(5)19(20(23)22-21(24)14(3)4)28(25,26)18-10-8-17(27-7)9-11-18/h8-11,13-14H,12H2,1-7H3,(H,22,24). The number of hydrogen-bond donors (Lipinski definition) is 1. The molecule has 0 spiro atoms. The number of hydrogen-bond acceptors (Lipinski definition) is 4. The van der Waals surface area contributed by atoms with Gasteiger partial charge in [-0.25, -0.2) is 8.42 Å². The highest BCUT2D eigenvalue weighted by molar-refractivity contribution is 7.91. The number of rotatable bonds is 7. The predicted octanol–water partition coefficient (Wildman–Crippen LogP) is 4.20. The first kappa shape index (κ1) is 22.0. The van der Waals surface area contributed by atoms with Gasteiger partial charge in [-0.1, -0.05) is 27.7 Å². The van der Waals surface area contributed by atoms with Crippen molar-refractivity contribution in [1.29, 1.82) is 0 Å². The molecular formula is C21H30N2O4S. The largest absolute Gasteiger partial charge is 0.497 e. The molecule has 7 heteroatoms. The molecule has 0 saturated carbocycles. The molecule has 0 bridgehead atoms. The fourth-order valence-corrected chi connectivity index (χ4v) is 4.71. The van der Waals surface area contributed by atoms with Crippen molar-refractivity contribution in [1.82, 2.24) is 4.57 Å². The van der Waals surface area contributed by atoms with Gasteiger partial charge < -0.3 is 14.6 Å². The lowest BCUT2D eigenvalue weighted by Gasteiger charge is -2.17. The van der Waals surface area contributed by atoms with Crippen LogP contribution in [0.4, 0.5) is 5.82 Å². The third-order valence-corrected chi connectivity index (χ3v) is 6.66. The van der Waals surface area contributed by atoms with E-state index in [1.54, 1.807) is 32.9 Å². The molecule has 0 radical (unpaired) electrons. The van der Waals surface area contributed by atoms with Crippen LogP contribution in [-0.4, -0.2) is 26.0 Å². The normalized spacial score (nSPS) is 11.9. The summed E-state index contributed by atoms with van der Waals surface area (Å²) in [6, 6.07) is 6.28. The molecule has 0 fully saturated rings. The molecule has 0 aliphatic heterocycles. The quantitative estimate of drug-likeness (QED) is 0.748. The zero-order valence-electron chi connectivity index (χ0n) is 17.7. The van der Waals surface area contributed by atoms with E-state index in [2.05, 4.69) is 19.2 Å². The van der Waals surface area contributed by atoms with Gasteiger partial charge in [0.2, 0.25) is 15.7 Å². The van der Waals surface area contributed by atoms with Crippen molar-refractivity contribution in [2.45, 2.75) is 57.9 Å². The van der Waals surface area contributed by atoms with Crippen LogP contribution in [0.15, 0.2) is 34.1 Å². The SMILES string of the molecule is COc1ccc(S(=O)(=O)c2c(C)c(C)n(CC(C)C)c2NC(=O)C(C)C)cc1. The highest BCUT2D eigenvalue weighted by Crippen LogP contribution is 2.36. The van der Waals surface area contributed by atoms with E-state index in [0.29, 0.717) is 23.7 Å². The second kappa shape index (κ2) is 8.39. The Hall–Kier alpha value is -2.28. The maximum Gasteiger partial charge on any atom is 0.228 e. The summed E-state index contributed by atoms with van der Waals surface area (Å²) in [4.78, 5) is 12.8. The zero-order chi connectivity index (χ0) is 21.2. The Bertz CT molecular complexity index is 955. The van der Waals surface area contributed by atoms with Gasteiger partial charge >= 0.3 is 0 Å². The van der Waals surface area contributed by atoms with Crippen LogP contribution < -0.4 is 10.1 Å². The van der Waals surface area contributed by atoms with Crippen molar-refractivity contribution >= 4 is 21.6 Å². The molecule has 1 aromatic heterocycles. The van der Waals surface area contributed by atoms with Crippen molar-refractivity contribution < 1.29 is 17.9 Å². The molecule has 6 nitrogen and oxygen atoms in total. The number of carbonyl (C=O) groups is 1. The summed E-state index contributed by atoms with van der Waals surface area (Å²) < 4.78 is 34.0. The third-order valence-electron chi connectivity index (χ3n) is 4.73. The maximum absolute atomic E-state index is 13.5. The number of ether oxygens (including phenoxy) is 1. The highest BCUT2D eigenvalue weighted by atomic mass is 32.2. The Kier molecular flexibility index (Phi) is 6.59. The predicted molar refractivity (Wildman–Crippen MR) is 111 cm³/mol. The topological polar surface area (TPSA) is 77.4 Å². The summed E-state index contributed by atoms with van der Waals surface area (Å²) >= 11 is 0. The van der Waals surface area contributed by atoms with Gasteiger partial charge in [-0.2, -0.15) is 0 Å². The minimum atomic E-state index is -3.83. The van der Waals surface area contributed by atoms with E-state index < -0.39 is 9.84 Å². The van der Waals surface area contributed by atoms with Gasteiger partial charge in [0.1, 0.15) is 16.5 Å². The van der Waals surface area contributed by atoms with Gasteiger partial charge in [0, 0.05) is 18.2 Å². The Morgan fingerprint density at radius 1 is 1.11 bits per heavy atom. The minimum Gasteiger partial charge on any atom is -0.497 e. The van der Waals surface area contributed by atoms with Crippen molar-refractivity contribution in [2.75, 3.05) is 12.4 Å². The number of nitrogens with one attached hydrogen (secondary N) is 1. The van der Waals surface area contributed by atoms with E-state index in [1.165, 1.54) is 19.2 Å². The molecular weight excluding hydrogens is 376 g/mol. The van der Waals surface area contributed by atoms with Gasteiger partial charge in [0.25, 0.3) is 0 Å². The molecule has 1 heterocycles. The average Bonchev–Trinajstić information content (AvgIpc) is 2.86. The van der Waals surface area contributed by atoms with E-state index >= 15 is 0 Å². The number of benzene rings is 1. The van der Waals surface area contributed by atoms with Crippen LogP contribution >= 0.6 is 0 Å². The van der Waals surface area contributed by atoms with E-state index in [1.807, 2.05) is 11.5 Å². The summed E-state index contributed by atoms with van der Waals surface area (Å²) in [7, 11) is -2.29. The van der Waals surface area contributed by atoms with Crippen molar-refractivity contribution in [2.24, 2.45) is 11.8 Å². The molecule has 1 aromatic carbocycles. The number of aromatic nitrogens is 1. The van der Waals surface area contributed by atoms with Crippen LogP contribution in [0.5, 0.6) is 5.75 Å². The van der Waals surface area contributed by atoms with Crippen LogP contribution in [0.3, 0.4) is 0 Å². The molecule has 28 heavy (non-hydrogen) atoms. The first-order valence-electron chi connectivity index (χ1n) is 9.40. The van der Waals surface area contributed by atoms with Gasteiger partial charge in [-0.05, 0) is 49.6 Å². The number of anilines is 1. The molecule has 2 rings (SSSR count). The summed E-state index contributed by atoms with van der Waals surface area (Å²) in [6.45, 7) is 12.0. The van der Waals surface area contributed by atoms with Crippen LogP contribution in [0.25, 0.3) is 0 Å². The van der Waals surface area contributed by atoms with Gasteiger partial charge in [-0.3, -0.25) is 4.79 Å².